The van der Waals surface area contributed by atoms with Crippen molar-refractivity contribution in [1.82, 2.24) is 0 Å². The number of fused-ring (bicyclic) bond motifs is 1. The van der Waals surface area contributed by atoms with E-state index in [-0.39, 0.29) is 17.1 Å². The molecule has 4 nitrogen and oxygen atoms in total. The highest BCUT2D eigenvalue weighted by atomic mass is 32.2. The van der Waals surface area contributed by atoms with E-state index >= 15 is 0 Å². The molecular formula is C27H42O4S. The van der Waals surface area contributed by atoms with Gasteiger partial charge in [-0.05, 0) is 87.7 Å². The van der Waals surface area contributed by atoms with Crippen molar-refractivity contribution < 1.29 is 18.6 Å². The zero-order chi connectivity index (χ0) is 23.9. The molecule has 0 amide bonds. The number of aliphatic hydroxyl groups is 2. The van der Waals surface area contributed by atoms with Gasteiger partial charge < -0.3 is 10.2 Å². The summed E-state index contributed by atoms with van der Waals surface area (Å²) in [6.45, 7) is 13.9. The van der Waals surface area contributed by atoms with Gasteiger partial charge in [-0.2, -0.15) is 0 Å². The van der Waals surface area contributed by atoms with Gasteiger partial charge in [0.25, 0.3) is 0 Å². The molecule has 0 aliphatic heterocycles. The fourth-order valence-corrected chi connectivity index (χ4v) is 7.15. The first-order valence-corrected chi connectivity index (χ1v) is 13.8. The number of rotatable bonds is 5. The Bertz CT molecular complexity index is 931. The van der Waals surface area contributed by atoms with Gasteiger partial charge in [0.2, 0.25) is 0 Å². The van der Waals surface area contributed by atoms with Crippen LogP contribution in [0.15, 0.2) is 47.1 Å². The van der Waals surface area contributed by atoms with Crippen LogP contribution in [0.3, 0.4) is 0 Å². The molecule has 2 N–H and O–H groups in total. The summed E-state index contributed by atoms with van der Waals surface area (Å²) >= 11 is 0. The number of hydrogen-bond acceptors (Lipinski definition) is 4. The first-order chi connectivity index (χ1) is 14.8. The fraction of sp³-hybridized carbons (Fsp3) is 0.704. The highest BCUT2D eigenvalue weighted by molar-refractivity contribution is 7.92. The normalized spacial score (nSPS) is 35.2. The molecule has 0 aromatic carbocycles. The molecule has 180 valence electrons. The van der Waals surface area contributed by atoms with Crippen molar-refractivity contribution in [2.75, 3.05) is 5.75 Å². The van der Waals surface area contributed by atoms with E-state index in [1.165, 1.54) is 11.1 Å². The summed E-state index contributed by atoms with van der Waals surface area (Å²) in [7, 11) is -3.11. The second-order valence-electron chi connectivity index (χ2n) is 11.4. The Hall–Kier alpha value is -1.17. The van der Waals surface area contributed by atoms with Gasteiger partial charge >= 0.3 is 0 Å². The van der Waals surface area contributed by atoms with E-state index in [1.54, 1.807) is 20.8 Å². The Labute approximate surface area is 195 Å². The zero-order valence-electron chi connectivity index (χ0n) is 20.5. The maximum absolute atomic E-state index is 12.6. The molecule has 3 rings (SSSR count). The lowest BCUT2D eigenvalue weighted by atomic mass is 9.62. The van der Waals surface area contributed by atoms with Crippen LogP contribution in [0.5, 0.6) is 0 Å². The molecule has 0 heterocycles. The van der Waals surface area contributed by atoms with Gasteiger partial charge in [0.1, 0.15) is 0 Å². The van der Waals surface area contributed by atoms with Crippen LogP contribution in [0.4, 0.5) is 0 Å². The van der Waals surface area contributed by atoms with Crippen LogP contribution in [-0.4, -0.2) is 41.3 Å². The van der Waals surface area contributed by atoms with E-state index < -0.39 is 26.8 Å². The topological polar surface area (TPSA) is 74.6 Å². The molecule has 3 aliphatic rings. The third kappa shape index (κ3) is 5.00. The van der Waals surface area contributed by atoms with Crippen LogP contribution >= 0.6 is 0 Å². The largest absolute Gasteiger partial charge is 0.393 e. The first-order valence-electron chi connectivity index (χ1n) is 12.1. The minimum atomic E-state index is -3.11. The van der Waals surface area contributed by atoms with E-state index in [4.69, 9.17) is 0 Å². The molecule has 32 heavy (non-hydrogen) atoms. The Morgan fingerprint density at radius 1 is 1.28 bits per heavy atom. The minimum absolute atomic E-state index is 0.0795. The molecule has 5 heteroatoms. The highest BCUT2D eigenvalue weighted by Gasteiger charge is 2.46. The van der Waals surface area contributed by atoms with Gasteiger partial charge in [0, 0.05) is 6.42 Å². The standard InChI is InChI=1S/C27H42O4S/c1-18(13-15-32(30,31)26(3,4)5)23-11-12-24-20(8-7-14-27(23,24)6)9-10-21-16-22(28)17-25(29)19(21)2/h9-11,18,22,24-25,28-29H,2,7-8,12-17H2,1,3-6H3/t18-,22-,24+,25+,27-/m1/s1. The summed E-state index contributed by atoms with van der Waals surface area (Å²) in [5, 5.41) is 20.2. The molecule has 0 unspecified atom stereocenters. The van der Waals surface area contributed by atoms with Crippen molar-refractivity contribution in [3.05, 3.63) is 47.1 Å². The van der Waals surface area contributed by atoms with E-state index in [1.807, 2.05) is 0 Å². The van der Waals surface area contributed by atoms with Crippen LogP contribution in [0.25, 0.3) is 0 Å². The first kappa shape index (κ1) is 25.5. The van der Waals surface area contributed by atoms with Gasteiger partial charge in [-0.25, -0.2) is 8.42 Å². The van der Waals surface area contributed by atoms with Crippen molar-refractivity contribution in [2.45, 2.75) is 96.5 Å². The third-order valence-corrected chi connectivity index (χ3v) is 10.8. The van der Waals surface area contributed by atoms with Crippen LogP contribution in [0, 0.1) is 17.3 Å². The molecule has 0 spiro atoms. The van der Waals surface area contributed by atoms with Crippen LogP contribution in [0.2, 0.25) is 0 Å². The van der Waals surface area contributed by atoms with Gasteiger partial charge in [-0.3, -0.25) is 0 Å². The quantitative estimate of drug-likeness (QED) is 0.545. The molecule has 3 aliphatic carbocycles. The second-order valence-corrected chi connectivity index (χ2v) is 14.3. The van der Waals surface area contributed by atoms with Crippen molar-refractivity contribution in [3.63, 3.8) is 0 Å². The summed E-state index contributed by atoms with van der Waals surface area (Å²) in [6, 6.07) is 0. The molecule has 2 saturated carbocycles. The monoisotopic (exact) mass is 462 g/mol. The molecule has 0 saturated heterocycles. The van der Waals surface area contributed by atoms with Gasteiger partial charge in [-0.1, -0.05) is 49.8 Å². The summed E-state index contributed by atoms with van der Waals surface area (Å²) in [6.07, 6.45) is 11.4. The van der Waals surface area contributed by atoms with Gasteiger partial charge in [0.05, 0.1) is 22.7 Å². The average Bonchev–Trinajstić information content (AvgIpc) is 3.04. The number of allylic oxidation sites excluding steroid dienone is 5. The SMILES string of the molecule is C=C1C(=CC=C2CCC[C@]3(C)C([C@H](C)CCS(=O)(=O)C(C)(C)C)=CC[C@@H]23)C[C@@H](O)C[C@@H]1O. The van der Waals surface area contributed by atoms with E-state index in [0.29, 0.717) is 25.2 Å². The van der Waals surface area contributed by atoms with Crippen LogP contribution < -0.4 is 0 Å². The summed E-state index contributed by atoms with van der Waals surface area (Å²) in [4.78, 5) is 0. The molecule has 0 bridgehead atoms. The lowest BCUT2D eigenvalue weighted by Crippen LogP contribution is -2.34. The lowest BCUT2D eigenvalue weighted by Gasteiger charge is -2.42. The predicted octanol–water partition coefficient (Wildman–Crippen LogP) is 5.29. The summed E-state index contributed by atoms with van der Waals surface area (Å²) < 4.78 is 24.5. The maximum Gasteiger partial charge on any atom is 0.155 e. The summed E-state index contributed by atoms with van der Waals surface area (Å²) in [5.41, 5.74) is 4.61. The Balaban J connectivity index is 1.75. The Kier molecular flexibility index (Phi) is 7.34. The van der Waals surface area contributed by atoms with Gasteiger partial charge in [-0.15, -0.1) is 0 Å². The van der Waals surface area contributed by atoms with E-state index in [2.05, 4.69) is 38.7 Å². The van der Waals surface area contributed by atoms with Crippen molar-refractivity contribution in [2.24, 2.45) is 17.3 Å². The molecule has 0 aromatic rings. The Morgan fingerprint density at radius 3 is 2.62 bits per heavy atom. The van der Waals surface area contributed by atoms with Crippen LogP contribution in [0.1, 0.15) is 79.6 Å². The van der Waals surface area contributed by atoms with Crippen molar-refractivity contribution >= 4 is 9.84 Å². The van der Waals surface area contributed by atoms with Crippen LogP contribution in [-0.2, 0) is 9.84 Å². The minimum Gasteiger partial charge on any atom is -0.393 e. The lowest BCUT2D eigenvalue weighted by molar-refractivity contribution is 0.0862. The highest BCUT2D eigenvalue weighted by Crippen LogP contribution is 2.57. The van der Waals surface area contributed by atoms with Gasteiger partial charge in [0.15, 0.2) is 9.84 Å². The molecule has 2 fully saturated rings. The number of aliphatic hydroxyl groups excluding tert-OH is 2. The molecule has 5 atom stereocenters. The average molecular weight is 463 g/mol. The molecule has 0 aromatic heterocycles. The van der Waals surface area contributed by atoms with Crippen molar-refractivity contribution in [3.8, 4) is 0 Å². The molecule has 0 radical (unpaired) electrons. The number of hydrogen-bond donors (Lipinski definition) is 2. The summed E-state index contributed by atoms with van der Waals surface area (Å²) in [5.74, 6) is 0.928. The Morgan fingerprint density at radius 2 is 1.97 bits per heavy atom. The van der Waals surface area contributed by atoms with Crippen molar-refractivity contribution in [1.29, 1.82) is 0 Å². The zero-order valence-corrected chi connectivity index (χ0v) is 21.3. The van der Waals surface area contributed by atoms with E-state index in [9.17, 15) is 18.6 Å². The predicted molar refractivity (Wildman–Crippen MR) is 132 cm³/mol. The third-order valence-electron chi connectivity index (χ3n) is 8.16. The second kappa shape index (κ2) is 9.23. The van der Waals surface area contributed by atoms with E-state index in [0.717, 1.165) is 36.8 Å². The maximum atomic E-state index is 12.6. The number of sulfone groups is 1. The molecular weight excluding hydrogens is 420 g/mol. The fourth-order valence-electron chi connectivity index (χ4n) is 5.87. The smallest absolute Gasteiger partial charge is 0.155 e.